The molecule has 6 nitrogen and oxygen atoms in total. The predicted molar refractivity (Wildman–Crippen MR) is 71.5 cm³/mol. The topological polar surface area (TPSA) is 98.7 Å². The molecule has 1 aromatic carbocycles. The smallest absolute Gasteiger partial charge is 0.332 e. The van der Waals surface area contributed by atoms with Crippen molar-refractivity contribution < 1.29 is 19.8 Å². The lowest BCUT2D eigenvalue weighted by Crippen LogP contribution is -2.33. The summed E-state index contributed by atoms with van der Waals surface area (Å²) in [6.45, 7) is 1.82. The fraction of sp³-hybridized carbons (Fsp3) is 0.333. The molecular formula is C12H15ClN2O4. The van der Waals surface area contributed by atoms with Gasteiger partial charge in [0.2, 0.25) is 0 Å². The summed E-state index contributed by atoms with van der Waals surface area (Å²) >= 11 is 5.91. The monoisotopic (exact) mass is 286 g/mol. The second kappa shape index (κ2) is 6.96. The molecular weight excluding hydrogens is 272 g/mol. The Morgan fingerprint density at radius 2 is 2.11 bits per heavy atom. The predicted octanol–water partition coefficient (Wildman–Crippen LogP) is 1.61. The number of hydrogen-bond acceptors (Lipinski definition) is 3. The molecule has 0 bridgehead atoms. The number of rotatable bonds is 5. The van der Waals surface area contributed by atoms with Gasteiger partial charge in [0.05, 0.1) is 0 Å². The molecule has 1 rings (SSSR count). The van der Waals surface area contributed by atoms with Gasteiger partial charge in [0.1, 0.15) is 0 Å². The Bertz CT molecular complexity index is 479. The van der Waals surface area contributed by atoms with Crippen LogP contribution in [0, 0.1) is 6.92 Å². The van der Waals surface area contributed by atoms with Crippen molar-refractivity contribution >= 4 is 29.3 Å². The van der Waals surface area contributed by atoms with E-state index < -0.39 is 18.1 Å². The van der Waals surface area contributed by atoms with E-state index in [9.17, 15) is 9.59 Å². The van der Waals surface area contributed by atoms with E-state index >= 15 is 0 Å². The summed E-state index contributed by atoms with van der Waals surface area (Å²) in [5.41, 5.74) is 1.31. The Hall–Kier alpha value is -1.79. The molecule has 19 heavy (non-hydrogen) atoms. The molecule has 0 spiro atoms. The first-order valence-electron chi connectivity index (χ1n) is 5.62. The van der Waals surface area contributed by atoms with E-state index in [-0.39, 0.29) is 13.0 Å². The first-order chi connectivity index (χ1) is 8.91. The van der Waals surface area contributed by atoms with Gasteiger partial charge in [0, 0.05) is 23.7 Å². The molecule has 7 heteroatoms. The second-order valence-electron chi connectivity index (χ2n) is 3.94. The fourth-order valence-electron chi connectivity index (χ4n) is 1.36. The number of carboxylic acid groups (broad SMARTS) is 1. The Labute approximate surface area is 115 Å². The lowest BCUT2D eigenvalue weighted by Gasteiger charge is -2.11. The summed E-state index contributed by atoms with van der Waals surface area (Å²) in [5, 5.41) is 23.1. The van der Waals surface area contributed by atoms with Crippen LogP contribution >= 0.6 is 11.6 Å². The number of carbonyl (C=O) groups excluding carboxylic acids is 1. The van der Waals surface area contributed by atoms with Crippen molar-refractivity contribution in [1.82, 2.24) is 5.32 Å². The van der Waals surface area contributed by atoms with Crippen molar-refractivity contribution in [3.05, 3.63) is 28.8 Å². The van der Waals surface area contributed by atoms with Crippen LogP contribution in [0.1, 0.15) is 12.0 Å². The number of anilines is 1. The maximum atomic E-state index is 11.5. The molecule has 0 heterocycles. The first kappa shape index (κ1) is 15.3. The lowest BCUT2D eigenvalue weighted by molar-refractivity contribution is -0.146. The molecule has 0 aliphatic heterocycles. The quantitative estimate of drug-likeness (QED) is 0.661. The Kier molecular flexibility index (Phi) is 5.59. The van der Waals surface area contributed by atoms with E-state index in [0.29, 0.717) is 10.7 Å². The van der Waals surface area contributed by atoms with Crippen LogP contribution in [0.15, 0.2) is 18.2 Å². The minimum atomic E-state index is -1.48. The zero-order valence-electron chi connectivity index (χ0n) is 10.3. The van der Waals surface area contributed by atoms with Crippen molar-refractivity contribution in [3.63, 3.8) is 0 Å². The van der Waals surface area contributed by atoms with Crippen LogP contribution < -0.4 is 10.6 Å². The van der Waals surface area contributed by atoms with Crippen LogP contribution in [0.4, 0.5) is 10.5 Å². The van der Waals surface area contributed by atoms with Crippen LogP contribution in [0.5, 0.6) is 0 Å². The Balaban J connectivity index is 2.43. The van der Waals surface area contributed by atoms with E-state index in [0.717, 1.165) is 5.56 Å². The molecule has 0 fully saturated rings. The minimum Gasteiger partial charge on any atom is -0.479 e. The number of amides is 2. The zero-order valence-corrected chi connectivity index (χ0v) is 11.1. The summed E-state index contributed by atoms with van der Waals surface area (Å²) in [6.07, 6.45) is -1.54. The highest BCUT2D eigenvalue weighted by atomic mass is 35.5. The maximum Gasteiger partial charge on any atom is 0.332 e. The van der Waals surface area contributed by atoms with E-state index in [1.165, 1.54) is 0 Å². The average Bonchev–Trinajstić information content (AvgIpc) is 2.34. The number of carboxylic acids is 1. The number of urea groups is 1. The molecule has 0 aliphatic carbocycles. The summed E-state index contributed by atoms with van der Waals surface area (Å²) in [5.74, 6) is -1.31. The summed E-state index contributed by atoms with van der Waals surface area (Å²) in [4.78, 5) is 21.9. The SMILES string of the molecule is Cc1c(Cl)cccc1NC(=O)NCCC(O)C(=O)O. The third-order valence-electron chi connectivity index (χ3n) is 2.50. The van der Waals surface area contributed by atoms with Crippen LogP contribution in [0.3, 0.4) is 0 Å². The van der Waals surface area contributed by atoms with E-state index in [4.69, 9.17) is 21.8 Å². The van der Waals surface area contributed by atoms with Gasteiger partial charge in [-0.1, -0.05) is 17.7 Å². The molecule has 1 atom stereocenters. The molecule has 4 N–H and O–H groups in total. The number of aliphatic carboxylic acids is 1. The van der Waals surface area contributed by atoms with E-state index in [2.05, 4.69) is 10.6 Å². The third kappa shape index (κ3) is 4.76. The number of carbonyl (C=O) groups is 2. The Morgan fingerprint density at radius 3 is 2.74 bits per heavy atom. The van der Waals surface area contributed by atoms with Crippen molar-refractivity contribution in [3.8, 4) is 0 Å². The van der Waals surface area contributed by atoms with Crippen molar-refractivity contribution in [2.45, 2.75) is 19.4 Å². The number of aliphatic hydroxyl groups excluding tert-OH is 1. The molecule has 0 saturated carbocycles. The molecule has 2 amide bonds. The lowest BCUT2D eigenvalue weighted by atomic mass is 10.2. The molecule has 0 aliphatic rings. The van der Waals surface area contributed by atoms with E-state index in [1.807, 2.05) is 0 Å². The summed E-state index contributed by atoms with van der Waals surface area (Å²) < 4.78 is 0. The van der Waals surface area contributed by atoms with Gasteiger partial charge in [0.25, 0.3) is 0 Å². The Morgan fingerprint density at radius 1 is 1.42 bits per heavy atom. The molecule has 0 saturated heterocycles. The van der Waals surface area contributed by atoms with Crippen LogP contribution in [-0.2, 0) is 4.79 Å². The van der Waals surface area contributed by atoms with E-state index in [1.54, 1.807) is 25.1 Å². The zero-order chi connectivity index (χ0) is 14.4. The highest BCUT2D eigenvalue weighted by Crippen LogP contribution is 2.22. The first-order valence-corrected chi connectivity index (χ1v) is 6.00. The van der Waals surface area contributed by atoms with Crippen molar-refractivity contribution in [2.75, 3.05) is 11.9 Å². The van der Waals surface area contributed by atoms with Crippen molar-refractivity contribution in [2.24, 2.45) is 0 Å². The molecule has 1 aromatic rings. The number of benzene rings is 1. The third-order valence-corrected chi connectivity index (χ3v) is 2.91. The van der Waals surface area contributed by atoms with Gasteiger partial charge in [0.15, 0.2) is 6.10 Å². The largest absolute Gasteiger partial charge is 0.479 e. The molecule has 0 radical (unpaired) electrons. The minimum absolute atomic E-state index is 0.0545. The normalized spacial score (nSPS) is 11.7. The highest BCUT2D eigenvalue weighted by molar-refractivity contribution is 6.31. The fourth-order valence-corrected chi connectivity index (χ4v) is 1.53. The average molecular weight is 287 g/mol. The second-order valence-corrected chi connectivity index (χ2v) is 4.34. The molecule has 0 aromatic heterocycles. The maximum absolute atomic E-state index is 11.5. The summed E-state index contributed by atoms with van der Waals surface area (Å²) in [7, 11) is 0. The van der Waals surface area contributed by atoms with Gasteiger partial charge in [-0.05, 0) is 24.6 Å². The number of aliphatic hydroxyl groups is 1. The van der Waals surface area contributed by atoms with Crippen LogP contribution in [0.25, 0.3) is 0 Å². The number of nitrogens with one attached hydrogen (secondary N) is 2. The van der Waals surface area contributed by atoms with Crippen LogP contribution in [-0.4, -0.2) is 34.9 Å². The van der Waals surface area contributed by atoms with Crippen LogP contribution in [0.2, 0.25) is 5.02 Å². The highest BCUT2D eigenvalue weighted by Gasteiger charge is 2.13. The van der Waals surface area contributed by atoms with Gasteiger partial charge in [-0.3, -0.25) is 0 Å². The van der Waals surface area contributed by atoms with Crippen molar-refractivity contribution in [1.29, 1.82) is 0 Å². The summed E-state index contributed by atoms with van der Waals surface area (Å²) in [6, 6.07) is 4.64. The van der Waals surface area contributed by atoms with Gasteiger partial charge in [-0.2, -0.15) is 0 Å². The van der Waals surface area contributed by atoms with Gasteiger partial charge in [-0.25, -0.2) is 9.59 Å². The molecule has 1 unspecified atom stereocenters. The number of halogens is 1. The standard InChI is InChI=1S/C12H15ClN2O4/c1-7-8(13)3-2-4-9(7)15-12(19)14-6-5-10(16)11(17)18/h2-4,10,16H,5-6H2,1H3,(H,17,18)(H2,14,15,19). The van der Waals surface area contributed by atoms with Gasteiger partial charge in [-0.15, -0.1) is 0 Å². The molecule has 104 valence electrons. The van der Waals surface area contributed by atoms with Gasteiger partial charge >= 0.3 is 12.0 Å². The number of hydrogen-bond donors (Lipinski definition) is 4. The van der Waals surface area contributed by atoms with Gasteiger partial charge < -0.3 is 20.8 Å².